The van der Waals surface area contributed by atoms with Crippen LogP contribution in [0.15, 0.2) is 42.5 Å². The molecule has 8 heteroatoms. The summed E-state index contributed by atoms with van der Waals surface area (Å²) < 4.78 is 16.5. The number of amides is 1. The monoisotopic (exact) mass is 463 g/mol. The Bertz CT molecular complexity index is 1340. The highest BCUT2D eigenvalue weighted by Crippen LogP contribution is 2.34. The second kappa shape index (κ2) is 8.59. The number of thiazole rings is 1. The molecule has 170 valence electrons. The molecule has 1 aliphatic rings. The maximum atomic E-state index is 13.8. The molecule has 5 rings (SSSR count). The van der Waals surface area contributed by atoms with E-state index >= 15 is 0 Å². The summed E-state index contributed by atoms with van der Waals surface area (Å²) in [7, 11) is 0. The number of hydrogen-bond donors (Lipinski definition) is 1. The van der Waals surface area contributed by atoms with Gasteiger partial charge in [-0.3, -0.25) is 4.79 Å². The molecule has 0 saturated carbocycles. The zero-order valence-electron chi connectivity index (χ0n) is 18.9. The number of carbonyl (C=O) groups is 1. The number of aryl methyl sites for hydroxylation is 3. The van der Waals surface area contributed by atoms with Crippen molar-refractivity contribution in [3.05, 3.63) is 65.1 Å². The van der Waals surface area contributed by atoms with Gasteiger partial charge in [-0.1, -0.05) is 29.5 Å². The van der Waals surface area contributed by atoms with E-state index in [-0.39, 0.29) is 17.6 Å². The Morgan fingerprint density at radius 3 is 2.85 bits per heavy atom. The van der Waals surface area contributed by atoms with E-state index in [1.165, 1.54) is 12.1 Å². The van der Waals surface area contributed by atoms with Gasteiger partial charge in [0.05, 0.1) is 22.0 Å². The number of benzene rings is 2. The van der Waals surface area contributed by atoms with Crippen LogP contribution < -0.4 is 10.2 Å². The first-order chi connectivity index (χ1) is 15.9. The lowest BCUT2D eigenvalue weighted by Gasteiger charge is -2.31. The number of nitrogens with zero attached hydrogens (tertiary/aromatic N) is 4. The first-order valence-electron chi connectivity index (χ1n) is 11.1. The van der Waals surface area contributed by atoms with Crippen LogP contribution in [0.5, 0.6) is 0 Å². The number of rotatable bonds is 4. The summed E-state index contributed by atoms with van der Waals surface area (Å²) in [4.78, 5) is 20.1. The Kier molecular flexibility index (Phi) is 5.62. The third-order valence-corrected chi connectivity index (χ3v) is 7.36. The van der Waals surface area contributed by atoms with E-state index in [0.29, 0.717) is 12.2 Å². The van der Waals surface area contributed by atoms with Crippen molar-refractivity contribution in [3.8, 4) is 5.69 Å². The van der Waals surface area contributed by atoms with E-state index in [4.69, 9.17) is 4.98 Å². The van der Waals surface area contributed by atoms with Gasteiger partial charge in [0.25, 0.3) is 0 Å². The average Bonchev–Trinajstić information content (AvgIpc) is 3.37. The predicted octanol–water partition coefficient (Wildman–Crippen LogP) is 5.40. The Hall–Kier alpha value is -3.26. The largest absolute Gasteiger partial charge is 0.347 e. The molecule has 0 spiro atoms. The molecule has 4 aromatic rings. The van der Waals surface area contributed by atoms with Gasteiger partial charge >= 0.3 is 0 Å². The zero-order valence-corrected chi connectivity index (χ0v) is 19.7. The summed E-state index contributed by atoms with van der Waals surface area (Å²) >= 11 is 1.58. The number of anilines is 2. The second-order valence-electron chi connectivity index (χ2n) is 8.72. The third-order valence-electron chi connectivity index (χ3n) is 6.14. The van der Waals surface area contributed by atoms with E-state index in [2.05, 4.69) is 15.3 Å². The molecule has 0 aliphatic carbocycles. The van der Waals surface area contributed by atoms with Crippen LogP contribution in [0.3, 0.4) is 0 Å². The topological polar surface area (TPSA) is 63.1 Å². The number of nitrogens with one attached hydrogen (secondary N) is 1. The summed E-state index contributed by atoms with van der Waals surface area (Å²) in [6, 6.07) is 12.5. The minimum atomic E-state index is -0.307. The van der Waals surface area contributed by atoms with E-state index in [1.54, 1.807) is 22.1 Å². The van der Waals surface area contributed by atoms with Crippen molar-refractivity contribution in [2.24, 2.45) is 5.92 Å². The highest BCUT2D eigenvalue weighted by molar-refractivity contribution is 7.22. The van der Waals surface area contributed by atoms with Crippen molar-refractivity contribution in [2.75, 3.05) is 23.3 Å². The van der Waals surface area contributed by atoms with Gasteiger partial charge < -0.3 is 10.2 Å². The van der Waals surface area contributed by atoms with E-state index in [1.807, 2.05) is 45.0 Å². The van der Waals surface area contributed by atoms with Gasteiger partial charge in [-0.25, -0.2) is 9.07 Å². The quantitative estimate of drug-likeness (QED) is 0.440. The molecule has 1 amide bonds. The van der Waals surface area contributed by atoms with Crippen molar-refractivity contribution in [3.63, 3.8) is 0 Å². The Labute approximate surface area is 196 Å². The zero-order chi connectivity index (χ0) is 23.1. The van der Waals surface area contributed by atoms with Crippen LogP contribution in [0.1, 0.15) is 29.7 Å². The number of halogens is 1. The highest BCUT2D eigenvalue weighted by atomic mass is 32.1. The van der Waals surface area contributed by atoms with Crippen LogP contribution in [0.4, 0.5) is 15.2 Å². The lowest BCUT2D eigenvalue weighted by atomic mass is 9.97. The average molecular weight is 464 g/mol. The molecule has 1 aliphatic heterocycles. The first kappa shape index (κ1) is 21.6. The fourth-order valence-corrected chi connectivity index (χ4v) is 5.34. The number of aromatic nitrogens is 3. The number of fused-ring (bicyclic) bond motifs is 1. The van der Waals surface area contributed by atoms with Crippen molar-refractivity contribution in [1.29, 1.82) is 0 Å². The van der Waals surface area contributed by atoms with E-state index in [9.17, 15) is 9.18 Å². The summed E-state index contributed by atoms with van der Waals surface area (Å²) in [5.41, 5.74) is 5.29. The lowest BCUT2D eigenvalue weighted by molar-refractivity contribution is -0.120. The Morgan fingerprint density at radius 2 is 2.03 bits per heavy atom. The summed E-state index contributed by atoms with van der Waals surface area (Å²) in [6.45, 7) is 7.46. The molecule has 2 aromatic heterocycles. The van der Waals surface area contributed by atoms with Gasteiger partial charge in [0.2, 0.25) is 5.91 Å². The molecule has 6 nitrogen and oxygen atoms in total. The van der Waals surface area contributed by atoms with Gasteiger partial charge in [0.15, 0.2) is 10.8 Å². The van der Waals surface area contributed by atoms with Crippen LogP contribution >= 0.6 is 11.3 Å². The third kappa shape index (κ3) is 4.23. The van der Waals surface area contributed by atoms with Gasteiger partial charge in [0, 0.05) is 18.8 Å². The molecule has 1 N–H and O–H groups in total. The highest BCUT2D eigenvalue weighted by Gasteiger charge is 2.28. The summed E-state index contributed by atoms with van der Waals surface area (Å²) in [6.07, 6.45) is 1.78. The first-order valence-corrected chi connectivity index (χ1v) is 12.0. The fraction of sp³-hybridized carbons (Fsp3) is 0.320. The fourth-order valence-electron chi connectivity index (χ4n) is 4.32. The van der Waals surface area contributed by atoms with Gasteiger partial charge in [0.1, 0.15) is 5.82 Å². The summed E-state index contributed by atoms with van der Waals surface area (Å²) in [5, 5.41) is 8.57. The maximum Gasteiger partial charge on any atom is 0.229 e. The smallest absolute Gasteiger partial charge is 0.229 e. The second-order valence-corrected chi connectivity index (χ2v) is 9.70. The van der Waals surface area contributed by atoms with Crippen LogP contribution in [0.25, 0.3) is 16.0 Å². The molecule has 0 radical (unpaired) electrons. The number of carbonyl (C=O) groups excluding carboxylic acids is 1. The molecule has 1 saturated heterocycles. The number of hydrogen-bond acceptors (Lipinski definition) is 5. The molecule has 1 atom stereocenters. The molecule has 3 heterocycles. The van der Waals surface area contributed by atoms with E-state index < -0.39 is 0 Å². The van der Waals surface area contributed by atoms with Crippen LogP contribution in [-0.4, -0.2) is 33.8 Å². The minimum absolute atomic E-state index is 0.0524. The van der Waals surface area contributed by atoms with Gasteiger partial charge in [-0.2, -0.15) is 10.1 Å². The van der Waals surface area contributed by atoms with Crippen molar-refractivity contribution in [2.45, 2.75) is 33.6 Å². The molecule has 33 heavy (non-hydrogen) atoms. The van der Waals surface area contributed by atoms with E-state index in [0.717, 1.165) is 57.4 Å². The lowest BCUT2D eigenvalue weighted by Crippen LogP contribution is -2.40. The normalized spacial score (nSPS) is 16.4. The van der Waals surface area contributed by atoms with Crippen molar-refractivity contribution < 1.29 is 9.18 Å². The Balaban J connectivity index is 1.38. The molecule has 1 fully saturated rings. The maximum absolute atomic E-state index is 13.8. The van der Waals surface area contributed by atoms with Crippen molar-refractivity contribution >= 4 is 38.4 Å². The van der Waals surface area contributed by atoms with Crippen LogP contribution in [-0.2, 0) is 4.79 Å². The van der Waals surface area contributed by atoms with Gasteiger partial charge in [-0.05, 0) is 69.0 Å². The number of piperidine rings is 1. The van der Waals surface area contributed by atoms with Crippen LogP contribution in [0.2, 0.25) is 0 Å². The van der Waals surface area contributed by atoms with Crippen LogP contribution in [0, 0.1) is 32.5 Å². The molecule has 1 unspecified atom stereocenters. The Morgan fingerprint density at radius 1 is 1.18 bits per heavy atom. The standard InChI is InChI=1S/C25H26FN5OS/c1-15-9-10-16(2)21(12-15)27-24(32)18-6-5-11-30(14-18)25-28-23-22(33-25)17(3)29-31(23)20-8-4-7-19(26)13-20/h4,7-10,12-13,18H,5-6,11,14H2,1-3H3,(H,27,32). The molecular formula is C25H26FN5OS. The molecule has 2 aromatic carbocycles. The molecular weight excluding hydrogens is 437 g/mol. The SMILES string of the molecule is Cc1ccc(C)c(NC(=O)C2CCCN(c3nc4c(s3)c(C)nn4-c3cccc(F)c3)C2)c1. The summed E-state index contributed by atoms with van der Waals surface area (Å²) in [5.74, 6) is -0.360. The van der Waals surface area contributed by atoms with Crippen molar-refractivity contribution in [1.82, 2.24) is 14.8 Å². The minimum Gasteiger partial charge on any atom is -0.347 e. The predicted molar refractivity (Wildman–Crippen MR) is 131 cm³/mol. The molecule has 0 bridgehead atoms. The van der Waals surface area contributed by atoms with Gasteiger partial charge in [-0.15, -0.1) is 0 Å².